The molecule has 5 aromatic rings. The lowest BCUT2D eigenvalue weighted by Crippen LogP contribution is -2.55. The van der Waals surface area contributed by atoms with E-state index in [1.54, 1.807) is 12.1 Å². The Morgan fingerprint density at radius 1 is 0.790 bits per heavy atom. The molecule has 10 rings (SSSR count). The summed E-state index contributed by atoms with van der Waals surface area (Å²) < 4.78 is 6.32. The number of nitrogens with zero attached hydrogens (tertiary/aromatic N) is 2. The van der Waals surface area contributed by atoms with Crippen molar-refractivity contribution in [2.75, 3.05) is 39.3 Å². The first-order valence-electron chi connectivity index (χ1n) is 22.1. The highest BCUT2D eigenvalue weighted by Gasteiger charge is 2.50. The molecule has 1 saturated carbocycles. The number of aromatic amines is 1. The quantitative estimate of drug-likeness (QED) is 0.0909. The number of amides is 2. The normalized spacial score (nSPS) is 21.6. The standard InChI is InChI=1S/C50H55N5O7/c56-41-16-14-39(40-15-17-44(58)53-45(40)41)42(57)31-51-29-34-8-6-33(7-9-34)28-49(20-21-49)47(60)52-30-35-10-12-37(13-11-35)46(59)55-26-22-50(23-27-55,38-4-2-1-3-5-38)48(61)62-43-32-54-24-18-36(43)19-25-54/h1-17,36,42-43,51,56-57H,18-32H2,(H,52,60)(H,53,58)/t42-,43-/m0/s1. The maximum Gasteiger partial charge on any atom is 0.317 e. The maximum absolute atomic E-state index is 14.1. The van der Waals surface area contributed by atoms with E-state index in [0.29, 0.717) is 73.4 Å². The fourth-order valence-corrected chi connectivity index (χ4v) is 9.88. The van der Waals surface area contributed by atoms with Gasteiger partial charge in [0.15, 0.2) is 0 Å². The summed E-state index contributed by atoms with van der Waals surface area (Å²) in [6.07, 6.45) is 4.55. The zero-order valence-electron chi connectivity index (χ0n) is 35.0. The number of aromatic hydroxyl groups is 1. The lowest BCUT2D eigenvalue weighted by Gasteiger charge is -2.46. The Hall–Kier alpha value is -5.82. The van der Waals surface area contributed by atoms with Gasteiger partial charge in [0.2, 0.25) is 11.5 Å². The number of H-pyrrole nitrogens is 1. The molecule has 5 aliphatic rings. The molecule has 12 nitrogen and oxygen atoms in total. The average Bonchev–Trinajstić information content (AvgIpc) is 4.10. The molecule has 4 saturated heterocycles. The van der Waals surface area contributed by atoms with Gasteiger partial charge in [-0.15, -0.1) is 0 Å². The highest BCUT2D eigenvalue weighted by atomic mass is 16.5. The molecule has 0 unspecified atom stereocenters. The van der Waals surface area contributed by atoms with Crippen LogP contribution in [-0.4, -0.2) is 88.2 Å². The Morgan fingerprint density at radius 3 is 2.15 bits per heavy atom. The number of nitrogens with one attached hydrogen (secondary N) is 3. The molecule has 12 heteroatoms. The highest BCUT2D eigenvalue weighted by molar-refractivity contribution is 5.95. The molecule has 0 spiro atoms. The first-order chi connectivity index (χ1) is 30.1. The molecule has 2 bridgehead atoms. The summed E-state index contributed by atoms with van der Waals surface area (Å²) in [5.74, 6) is 0.191. The monoisotopic (exact) mass is 837 g/mol. The Labute approximate surface area is 361 Å². The molecular weight excluding hydrogens is 783 g/mol. The third kappa shape index (κ3) is 8.64. The fraction of sp³-hybridized carbons (Fsp3) is 0.400. The zero-order valence-corrected chi connectivity index (χ0v) is 35.0. The Morgan fingerprint density at radius 2 is 1.47 bits per heavy atom. The first-order valence-corrected chi connectivity index (χ1v) is 22.1. The van der Waals surface area contributed by atoms with Crippen LogP contribution < -0.4 is 16.2 Å². The zero-order chi connectivity index (χ0) is 42.8. The van der Waals surface area contributed by atoms with Crippen LogP contribution in [0.1, 0.15) is 82.8 Å². The molecule has 1 aromatic heterocycles. The molecule has 0 radical (unpaired) electrons. The van der Waals surface area contributed by atoms with Gasteiger partial charge in [-0.25, -0.2) is 0 Å². The predicted molar refractivity (Wildman–Crippen MR) is 235 cm³/mol. The van der Waals surface area contributed by atoms with Crippen molar-refractivity contribution < 1.29 is 29.3 Å². The van der Waals surface area contributed by atoms with Gasteiger partial charge in [-0.05, 0) is 116 Å². The molecule has 5 N–H and O–H groups in total. The van der Waals surface area contributed by atoms with Crippen LogP contribution in [0, 0.1) is 11.3 Å². The van der Waals surface area contributed by atoms with Crippen molar-refractivity contribution >= 4 is 28.7 Å². The SMILES string of the molecule is O=C(c1ccc(CNC(=O)C2(Cc3ccc(CNC[C@H](O)c4ccc(O)c5[nH]c(=O)ccc45)cc3)CC2)cc1)N1CCC(C(=O)O[C@H]2CN3CCC2CC3)(c2ccccc2)CC1. The number of rotatable bonds is 14. The van der Waals surface area contributed by atoms with Gasteiger partial charge in [-0.3, -0.25) is 24.1 Å². The minimum absolute atomic E-state index is 0.0328. The van der Waals surface area contributed by atoms with E-state index in [2.05, 4.69) is 32.7 Å². The van der Waals surface area contributed by atoms with E-state index in [1.807, 2.05) is 71.6 Å². The van der Waals surface area contributed by atoms with Crippen LogP contribution in [0.5, 0.6) is 5.75 Å². The summed E-state index contributed by atoms with van der Waals surface area (Å²) in [6.45, 7) is 5.07. The summed E-state index contributed by atoms with van der Waals surface area (Å²) in [6, 6.07) is 31.6. The smallest absolute Gasteiger partial charge is 0.317 e. The molecule has 5 fully saturated rings. The number of phenols is 1. The summed E-state index contributed by atoms with van der Waals surface area (Å²) in [4.78, 5) is 59.9. The van der Waals surface area contributed by atoms with Crippen LogP contribution in [-0.2, 0) is 39.3 Å². The second-order valence-corrected chi connectivity index (χ2v) is 17.9. The second-order valence-electron chi connectivity index (χ2n) is 17.9. The maximum atomic E-state index is 14.1. The Kier molecular flexibility index (Phi) is 11.7. The van der Waals surface area contributed by atoms with Gasteiger partial charge in [-0.2, -0.15) is 0 Å². The summed E-state index contributed by atoms with van der Waals surface area (Å²) in [5.41, 5.74) is 3.95. The molecule has 1 aliphatic carbocycles. The van der Waals surface area contributed by atoms with Crippen molar-refractivity contribution in [2.24, 2.45) is 11.3 Å². The third-order valence-corrected chi connectivity index (χ3v) is 14.0. The molecular formula is C50H55N5O7. The van der Waals surface area contributed by atoms with Gasteiger partial charge < -0.3 is 35.5 Å². The largest absolute Gasteiger partial charge is 0.506 e. The van der Waals surface area contributed by atoms with Crippen molar-refractivity contribution in [3.8, 4) is 5.75 Å². The number of hydrogen-bond acceptors (Lipinski definition) is 9. The number of aromatic nitrogens is 1. The number of ether oxygens (including phenoxy) is 1. The predicted octanol–water partition coefficient (Wildman–Crippen LogP) is 5.51. The number of likely N-dealkylation sites (tertiary alicyclic amines) is 1. The average molecular weight is 838 g/mol. The lowest BCUT2D eigenvalue weighted by atomic mass is 9.72. The van der Waals surface area contributed by atoms with Crippen LogP contribution in [0.2, 0.25) is 0 Å². The van der Waals surface area contributed by atoms with E-state index in [4.69, 9.17) is 4.74 Å². The van der Waals surface area contributed by atoms with E-state index in [-0.39, 0.29) is 41.7 Å². The summed E-state index contributed by atoms with van der Waals surface area (Å²) >= 11 is 0. The minimum Gasteiger partial charge on any atom is -0.506 e. The number of carbonyl (C=O) groups is 3. The number of piperidine rings is 4. The van der Waals surface area contributed by atoms with Gasteiger partial charge in [0.25, 0.3) is 5.91 Å². The molecule has 4 aliphatic heterocycles. The van der Waals surface area contributed by atoms with Gasteiger partial charge in [0, 0.05) is 56.3 Å². The number of carbonyl (C=O) groups excluding carboxylic acids is 3. The van der Waals surface area contributed by atoms with E-state index in [0.717, 1.165) is 67.6 Å². The summed E-state index contributed by atoms with van der Waals surface area (Å²) in [5, 5.41) is 28.1. The van der Waals surface area contributed by atoms with Crippen LogP contribution >= 0.6 is 0 Å². The first kappa shape index (κ1) is 41.5. The fourth-order valence-electron chi connectivity index (χ4n) is 9.88. The van der Waals surface area contributed by atoms with Gasteiger partial charge in [-0.1, -0.05) is 72.8 Å². The molecule has 2 atom stereocenters. The van der Waals surface area contributed by atoms with Crippen molar-refractivity contribution in [3.63, 3.8) is 0 Å². The van der Waals surface area contributed by atoms with Crippen molar-refractivity contribution in [2.45, 2.75) is 75.7 Å². The van der Waals surface area contributed by atoms with Gasteiger partial charge in [0.1, 0.15) is 11.9 Å². The lowest BCUT2D eigenvalue weighted by molar-refractivity contribution is -0.168. The van der Waals surface area contributed by atoms with Crippen LogP contribution in [0.4, 0.5) is 0 Å². The number of aliphatic hydroxyl groups is 1. The Balaban J connectivity index is 0.740. The number of esters is 1. The topological polar surface area (TPSA) is 164 Å². The van der Waals surface area contributed by atoms with Gasteiger partial charge in [0.05, 0.1) is 22.5 Å². The molecule has 322 valence electrons. The Bertz CT molecular complexity index is 2470. The minimum atomic E-state index is -0.849. The second kappa shape index (κ2) is 17.5. The van der Waals surface area contributed by atoms with Crippen LogP contribution in [0.3, 0.4) is 0 Å². The van der Waals surface area contributed by atoms with Crippen molar-refractivity contribution in [1.29, 1.82) is 0 Å². The highest BCUT2D eigenvalue weighted by Crippen LogP contribution is 2.49. The van der Waals surface area contributed by atoms with Crippen LogP contribution in [0.15, 0.2) is 108 Å². The molecule has 62 heavy (non-hydrogen) atoms. The number of benzene rings is 4. The third-order valence-electron chi connectivity index (χ3n) is 14.0. The molecule has 5 heterocycles. The van der Waals surface area contributed by atoms with Crippen molar-refractivity contribution in [1.82, 2.24) is 25.4 Å². The van der Waals surface area contributed by atoms with Crippen LogP contribution in [0.25, 0.3) is 10.9 Å². The van der Waals surface area contributed by atoms with Gasteiger partial charge >= 0.3 is 5.97 Å². The molecule has 4 aromatic carbocycles. The van der Waals surface area contributed by atoms with Crippen molar-refractivity contribution in [3.05, 3.63) is 147 Å². The number of phenolic OH excluding ortho intramolecular Hbond substituents is 1. The number of pyridine rings is 1. The number of aliphatic hydroxyl groups excluding tert-OH is 1. The van der Waals surface area contributed by atoms with E-state index in [1.165, 1.54) is 12.1 Å². The van der Waals surface area contributed by atoms with E-state index < -0.39 is 16.9 Å². The molecule has 2 amide bonds. The summed E-state index contributed by atoms with van der Waals surface area (Å²) in [7, 11) is 0. The van der Waals surface area contributed by atoms with E-state index in [9.17, 15) is 29.4 Å². The van der Waals surface area contributed by atoms with E-state index >= 15 is 0 Å². The number of hydrogen-bond donors (Lipinski definition) is 5. The number of fused-ring (bicyclic) bond motifs is 4.